The van der Waals surface area contributed by atoms with Gasteiger partial charge in [0, 0.05) is 10.8 Å². The molecule has 5 heteroatoms. The van der Waals surface area contributed by atoms with Gasteiger partial charge in [0.1, 0.15) is 12.4 Å². The van der Waals surface area contributed by atoms with Crippen molar-refractivity contribution in [1.82, 2.24) is 0 Å². The Balaban J connectivity index is 1.77. The van der Waals surface area contributed by atoms with E-state index in [2.05, 4.69) is 0 Å². The molecule has 0 amide bonds. The number of ether oxygens (including phenoxy) is 1. The van der Waals surface area contributed by atoms with E-state index in [4.69, 9.17) is 40.2 Å². The third kappa shape index (κ3) is 2.76. The van der Waals surface area contributed by atoms with E-state index in [0.717, 1.165) is 12.2 Å². The predicted molar refractivity (Wildman–Crippen MR) is 65.3 cm³/mol. The lowest BCUT2D eigenvalue weighted by molar-refractivity contribution is 0.0783. The molecule has 0 aliphatic heterocycles. The molecule has 1 saturated carbocycles. The van der Waals surface area contributed by atoms with E-state index in [9.17, 15) is 0 Å². The van der Waals surface area contributed by atoms with Crippen molar-refractivity contribution in [3.05, 3.63) is 24.2 Å². The van der Waals surface area contributed by atoms with E-state index in [1.165, 1.54) is 0 Å². The number of furan rings is 1. The second kappa shape index (κ2) is 5.48. The van der Waals surface area contributed by atoms with Gasteiger partial charge in [-0.2, -0.15) is 0 Å². The monoisotopic (exact) mass is 258 g/mol. The molecule has 2 nitrogen and oxygen atoms in total. The minimum atomic E-state index is -0.0826. The van der Waals surface area contributed by atoms with Gasteiger partial charge in [-0.05, 0) is 24.5 Å². The maximum absolute atomic E-state index is 6.16. The lowest BCUT2D eigenvalue weighted by Gasteiger charge is -2.19. The SMILES string of the molecule is [B]C1C(Cl)CC(Cl)C1COCc1ccco1. The van der Waals surface area contributed by atoms with Crippen LogP contribution in [-0.4, -0.2) is 25.2 Å². The summed E-state index contributed by atoms with van der Waals surface area (Å²) in [5.41, 5.74) is 0. The molecule has 0 bridgehead atoms. The second-order valence-electron chi connectivity index (χ2n) is 4.10. The van der Waals surface area contributed by atoms with Gasteiger partial charge in [-0.25, -0.2) is 0 Å². The molecule has 1 heterocycles. The van der Waals surface area contributed by atoms with E-state index in [1.807, 2.05) is 12.1 Å². The summed E-state index contributed by atoms with van der Waals surface area (Å²) in [7, 11) is 5.95. The largest absolute Gasteiger partial charge is 0.467 e. The van der Waals surface area contributed by atoms with Crippen LogP contribution in [0.3, 0.4) is 0 Å². The summed E-state index contributed by atoms with van der Waals surface area (Å²) in [6.45, 7) is 0.978. The average Bonchev–Trinajstić information content (AvgIpc) is 2.82. The lowest BCUT2D eigenvalue weighted by Crippen LogP contribution is -2.19. The predicted octanol–water partition coefficient (Wildman–Crippen LogP) is 2.99. The van der Waals surface area contributed by atoms with Gasteiger partial charge in [-0.3, -0.25) is 0 Å². The summed E-state index contributed by atoms with van der Waals surface area (Å²) < 4.78 is 10.7. The smallest absolute Gasteiger partial charge is 0.129 e. The molecule has 1 aromatic rings. The number of rotatable bonds is 4. The standard InChI is InChI=1S/C11H13BCl2O2/c12-11-8(9(13)4-10(11)14)6-15-5-7-2-1-3-16-7/h1-3,8-11H,4-6H2. The highest BCUT2D eigenvalue weighted by Gasteiger charge is 2.38. The molecule has 1 aliphatic rings. The molecule has 1 aliphatic carbocycles. The quantitative estimate of drug-likeness (QED) is 0.612. The highest BCUT2D eigenvalue weighted by Crippen LogP contribution is 2.41. The molecule has 0 spiro atoms. The van der Waals surface area contributed by atoms with Gasteiger partial charge in [0.05, 0.1) is 20.7 Å². The Bertz CT molecular complexity index is 318. The van der Waals surface area contributed by atoms with Crippen LogP contribution in [0, 0.1) is 5.92 Å². The molecule has 0 saturated heterocycles. The minimum absolute atomic E-state index is 0.00843. The Labute approximate surface area is 107 Å². The van der Waals surface area contributed by atoms with Gasteiger partial charge in [0.15, 0.2) is 0 Å². The van der Waals surface area contributed by atoms with Crippen molar-refractivity contribution >= 4 is 31.0 Å². The van der Waals surface area contributed by atoms with Crippen LogP contribution in [0.4, 0.5) is 0 Å². The van der Waals surface area contributed by atoms with Crippen LogP contribution in [-0.2, 0) is 11.3 Å². The Morgan fingerprint density at radius 2 is 2.25 bits per heavy atom. The summed E-state index contributed by atoms with van der Waals surface area (Å²) in [5, 5.41) is -0.0335. The first-order valence-electron chi connectivity index (χ1n) is 5.32. The Morgan fingerprint density at radius 3 is 2.81 bits per heavy atom. The summed E-state index contributed by atoms with van der Waals surface area (Å²) in [6.07, 6.45) is 2.37. The van der Waals surface area contributed by atoms with Gasteiger partial charge < -0.3 is 9.15 Å². The van der Waals surface area contributed by atoms with Gasteiger partial charge in [-0.1, -0.05) is 5.82 Å². The molecular formula is C11H13BCl2O2. The molecule has 2 radical (unpaired) electrons. The molecule has 0 N–H and O–H groups in total. The van der Waals surface area contributed by atoms with E-state index in [-0.39, 0.29) is 22.5 Å². The topological polar surface area (TPSA) is 22.4 Å². The number of hydrogen-bond donors (Lipinski definition) is 0. The Morgan fingerprint density at radius 1 is 1.44 bits per heavy atom. The summed E-state index contributed by atoms with van der Waals surface area (Å²) >= 11 is 12.2. The Kier molecular flexibility index (Phi) is 4.23. The van der Waals surface area contributed by atoms with Gasteiger partial charge in [0.2, 0.25) is 0 Å². The fourth-order valence-electron chi connectivity index (χ4n) is 1.96. The maximum atomic E-state index is 6.16. The molecule has 1 aromatic heterocycles. The van der Waals surface area contributed by atoms with E-state index in [1.54, 1.807) is 6.26 Å². The first kappa shape index (κ1) is 12.3. The van der Waals surface area contributed by atoms with Crippen molar-refractivity contribution in [2.75, 3.05) is 6.61 Å². The zero-order valence-corrected chi connectivity index (χ0v) is 10.3. The molecule has 1 fully saturated rings. The maximum Gasteiger partial charge on any atom is 0.129 e. The third-order valence-corrected chi connectivity index (χ3v) is 3.93. The molecule has 4 atom stereocenters. The summed E-state index contributed by atoms with van der Waals surface area (Å²) in [6, 6.07) is 3.70. The summed E-state index contributed by atoms with van der Waals surface area (Å²) in [5.74, 6) is 0.847. The van der Waals surface area contributed by atoms with E-state index < -0.39 is 0 Å². The summed E-state index contributed by atoms with van der Waals surface area (Å²) in [4.78, 5) is 0. The highest BCUT2D eigenvalue weighted by molar-refractivity contribution is 6.29. The van der Waals surface area contributed by atoms with Crippen molar-refractivity contribution in [1.29, 1.82) is 0 Å². The second-order valence-corrected chi connectivity index (χ2v) is 5.22. The van der Waals surface area contributed by atoms with Gasteiger partial charge >= 0.3 is 0 Å². The number of hydrogen-bond acceptors (Lipinski definition) is 2. The highest BCUT2D eigenvalue weighted by atomic mass is 35.5. The first-order valence-corrected chi connectivity index (χ1v) is 6.19. The van der Waals surface area contributed by atoms with Gasteiger partial charge in [-0.15, -0.1) is 23.2 Å². The van der Waals surface area contributed by atoms with Crippen molar-refractivity contribution < 1.29 is 9.15 Å². The van der Waals surface area contributed by atoms with Crippen LogP contribution in [0.5, 0.6) is 0 Å². The molecule has 16 heavy (non-hydrogen) atoms. The molecular weight excluding hydrogens is 246 g/mol. The minimum Gasteiger partial charge on any atom is -0.467 e. The number of alkyl halides is 2. The van der Waals surface area contributed by atoms with Crippen LogP contribution in [0.25, 0.3) is 0 Å². The van der Waals surface area contributed by atoms with Crippen LogP contribution >= 0.6 is 23.2 Å². The van der Waals surface area contributed by atoms with Crippen molar-refractivity contribution in [3.63, 3.8) is 0 Å². The number of halogens is 2. The van der Waals surface area contributed by atoms with Crippen LogP contribution in [0.1, 0.15) is 12.2 Å². The molecule has 0 aromatic carbocycles. The first-order chi connectivity index (χ1) is 7.68. The normalized spacial score (nSPS) is 34.4. The van der Waals surface area contributed by atoms with Crippen LogP contribution < -0.4 is 0 Å². The Hall–Kier alpha value is -0.115. The average molecular weight is 259 g/mol. The van der Waals surface area contributed by atoms with Crippen molar-refractivity contribution in [3.8, 4) is 0 Å². The van der Waals surface area contributed by atoms with Crippen molar-refractivity contribution in [2.24, 2.45) is 5.92 Å². The van der Waals surface area contributed by atoms with E-state index in [0.29, 0.717) is 13.2 Å². The molecule has 86 valence electrons. The lowest BCUT2D eigenvalue weighted by atomic mass is 9.79. The third-order valence-electron chi connectivity index (χ3n) is 2.96. The van der Waals surface area contributed by atoms with Crippen molar-refractivity contribution in [2.45, 2.75) is 29.6 Å². The molecule has 2 rings (SSSR count). The fourth-order valence-corrected chi connectivity index (χ4v) is 2.86. The fraction of sp³-hybridized carbons (Fsp3) is 0.636. The van der Waals surface area contributed by atoms with Crippen LogP contribution in [0.2, 0.25) is 5.82 Å². The van der Waals surface area contributed by atoms with Gasteiger partial charge in [0.25, 0.3) is 0 Å². The van der Waals surface area contributed by atoms with Crippen LogP contribution in [0.15, 0.2) is 22.8 Å². The zero-order valence-electron chi connectivity index (χ0n) is 8.81. The molecule has 4 unspecified atom stereocenters. The zero-order chi connectivity index (χ0) is 11.5. The van der Waals surface area contributed by atoms with E-state index >= 15 is 0 Å².